The number of carbonyl (C=O) groups excluding carboxylic acids is 2. The number of thiocarbonyl (C=S) groups is 1. The van der Waals surface area contributed by atoms with Crippen molar-refractivity contribution in [2.24, 2.45) is 0 Å². The third-order valence-corrected chi connectivity index (χ3v) is 4.60. The van der Waals surface area contributed by atoms with Crippen LogP contribution < -0.4 is 5.11 Å². The summed E-state index contributed by atoms with van der Waals surface area (Å²) in [5, 5.41) is 20.1. The number of aliphatic carboxylic acids is 1. The number of nitrogens with zero attached hydrogens (tertiary/aromatic N) is 1. The Labute approximate surface area is 137 Å². The van der Waals surface area contributed by atoms with E-state index >= 15 is 0 Å². The molecule has 0 radical (unpaired) electrons. The Balaban J connectivity index is 2.26. The molecule has 1 aromatic rings. The lowest BCUT2D eigenvalue weighted by atomic mass is 10.1. The summed E-state index contributed by atoms with van der Waals surface area (Å²) in [6.07, 6.45) is 2.58. The molecule has 2 rings (SSSR count). The predicted molar refractivity (Wildman–Crippen MR) is 86.7 cm³/mol. The van der Waals surface area contributed by atoms with Gasteiger partial charge in [0.05, 0.1) is 17.5 Å². The van der Waals surface area contributed by atoms with Crippen LogP contribution in [0.2, 0.25) is 0 Å². The fourth-order valence-electron chi connectivity index (χ4n) is 2.01. The molecule has 1 saturated heterocycles. The summed E-state index contributed by atoms with van der Waals surface area (Å²) in [6.45, 7) is 1.31. The van der Waals surface area contributed by atoms with Crippen LogP contribution in [-0.2, 0) is 16.0 Å². The fraction of sp³-hybridized carbons (Fsp3) is 0.267. The third kappa shape index (κ3) is 3.37. The first kappa shape index (κ1) is 16.7. The van der Waals surface area contributed by atoms with Gasteiger partial charge in [0.25, 0.3) is 5.91 Å². The van der Waals surface area contributed by atoms with Gasteiger partial charge < -0.3 is 15.0 Å². The fourth-order valence-corrected chi connectivity index (χ4v) is 3.37. The Hall–Kier alpha value is -1.70. The normalized spacial score (nSPS) is 18.1. The van der Waals surface area contributed by atoms with E-state index in [1.165, 1.54) is 5.56 Å². The zero-order valence-corrected chi connectivity index (χ0v) is 13.4. The Kier molecular flexibility index (Phi) is 5.33. The largest absolute Gasteiger partial charge is 0.548 e. The summed E-state index contributed by atoms with van der Waals surface area (Å²) >= 11 is 6.05. The zero-order valence-electron chi connectivity index (χ0n) is 11.8. The first-order chi connectivity index (χ1) is 10.5. The molecule has 0 bridgehead atoms. The summed E-state index contributed by atoms with van der Waals surface area (Å²) in [5.74, 6) is -2.06. The van der Waals surface area contributed by atoms with E-state index in [9.17, 15) is 14.7 Å². The number of hydrogen-bond acceptors (Lipinski definition) is 6. The van der Waals surface area contributed by atoms with Crippen LogP contribution in [0.1, 0.15) is 18.1 Å². The molecule has 1 aliphatic heterocycles. The predicted octanol–water partition coefficient (Wildman–Crippen LogP) is 0.561. The van der Waals surface area contributed by atoms with Crippen molar-refractivity contribution in [3.05, 3.63) is 40.3 Å². The van der Waals surface area contributed by atoms with Crippen molar-refractivity contribution >= 4 is 46.3 Å². The molecular weight excluding hydrogens is 322 g/mol. The van der Waals surface area contributed by atoms with Crippen molar-refractivity contribution in [1.29, 1.82) is 0 Å². The average Bonchev–Trinajstić information content (AvgIpc) is 2.76. The molecule has 5 nitrogen and oxygen atoms in total. The quantitative estimate of drug-likeness (QED) is 0.625. The second kappa shape index (κ2) is 7.04. The minimum Gasteiger partial charge on any atom is -0.548 e. The molecule has 1 atom stereocenters. The summed E-state index contributed by atoms with van der Waals surface area (Å²) in [7, 11) is 0. The van der Waals surface area contributed by atoms with Gasteiger partial charge in [0.2, 0.25) is 0 Å². The molecule has 1 fully saturated rings. The minimum absolute atomic E-state index is 0.102. The van der Waals surface area contributed by atoms with E-state index in [0.29, 0.717) is 4.91 Å². The van der Waals surface area contributed by atoms with Gasteiger partial charge in [-0.3, -0.25) is 9.69 Å². The SMILES string of the molecule is CCc1ccc(/C=C2\SC(=S)N([C@@H](CO)C(=O)[O-])C2=O)cc1. The highest BCUT2D eigenvalue weighted by Crippen LogP contribution is 2.33. The van der Waals surface area contributed by atoms with Gasteiger partial charge in [-0.1, -0.05) is 55.2 Å². The number of amides is 1. The Morgan fingerprint density at radius 1 is 1.45 bits per heavy atom. The van der Waals surface area contributed by atoms with Crippen molar-refractivity contribution in [1.82, 2.24) is 4.90 Å². The zero-order chi connectivity index (χ0) is 16.3. The third-order valence-electron chi connectivity index (χ3n) is 3.27. The summed E-state index contributed by atoms with van der Waals surface area (Å²) in [4.78, 5) is 24.5. The van der Waals surface area contributed by atoms with E-state index in [1.807, 2.05) is 24.3 Å². The molecule has 1 aromatic carbocycles. The van der Waals surface area contributed by atoms with E-state index in [-0.39, 0.29) is 4.32 Å². The minimum atomic E-state index is -1.53. The Morgan fingerprint density at radius 3 is 2.59 bits per heavy atom. The number of benzene rings is 1. The van der Waals surface area contributed by atoms with E-state index in [2.05, 4.69) is 6.92 Å². The molecule has 7 heteroatoms. The van der Waals surface area contributed by atoms with Crippen molar-refractivity contribution < 1.29 is 19.8 Å². The van der Waals surface area contributed by atoms with Gasteiger partial charge >= 0.3 is 0 Å². The number of carboxylic acid groups (broad SMARTS) is 1. The lowest BCUT2D eigenvalue weighted by molar-refractivity contribution is -0.311. The number of carbonyl (C=O) groups is 2. The second-order valence-electron chi connectivity index (χ2n) is 4.66. The summed E-state index contributed by atoms with van der Waals surface area (Å²) in [5.41, 5.74) is 2.01. The monoisotopic (exact) mass is 336 g/mol. The van der Waals surface area contributed by atoms with E-state index in [4.69, 9.17) is 17.3 Å². The second-order valence-corrected chi connectivity index (χ2v) is 6.34. The van der Waals surface area contributed by atoms with Gasteiger partial charge in [-0.25, -0.2) is 0 Å². The molecule has 22 heavy (non-hydrogen) atoms. The summed E-state index contributed by atoms with van der Waals surface area (Å²) in [6, 6.07) is 6.23. The van der Waals surface area contributed by atoms with Gasteiger partial charge in [-0.2, -0.15) is 0 Å². The number of aliphatic hydroxyl groups excluding tert-OH is 1. The highest BCUT2D eigenvalue weighted by Gasteiger charge is 2.37. The maximum absolute atomic E-state index is 12.3. The maximum atomic E-state index is 12.3. The highest BCUT2D eigenvalue weighted by atomic mass is 32.2. The van der Waals surface area contributed by atoms with Crippen molar-refractivity contribution in [3.63, 3.8) is 0 Å². The number of aliphatic hydroxyl groups is 1. The average molecular weight is 336 g/mol. The number of thioether (sulfide) groups is 1. The van der Waals surface area contributed by atoms with E-state index < -0.39 is 24.5 Å². The van der Waals surface area contributed by atoms with Gasteiger partial charge in [0.15, 0.2) is 0 Å². The van der Waals surface area contributed by atoms with Crippen molar-refractivity contribution in [2.75, 3.05) is 6.61 Å². The van der Waals surface area contributed by atoms with E-state index in [1.54, 1.807) is 6.08 Å². The van der Waals surface area contributed by atoms with Crippen LogP contribution in [0.4, 0.5) is 0 Å². The molecule has 1 heterocycles. The van der Waals surface area contributed by atoms with Crippen molar-refractivity contribution in [3.8, 4) is 0 Å². The lowest BCUT2D eigenvalue weighted by Gasteiger charge is -2.25. The molecule has 1 aliphatic rings. The number of rotatable bonds is 5. The maximum Gasteiger partial charge on any atom is 0.266 e. The molecule has 0 spiro atoms. The number of aryl methyl sites for hydroxylation is 1. The lowest BCUT2D eigenvalue weighted by Crippen LogP contribution is -2.51. The molecule has 0 unspecified atom stereocenters. The highest BCUT2D eigenvalue weighted by molar-refractivity contribution is 8.26. The molecule has 1 N–H and O–H groups in total. The Bertz CT molecular complexity index is 639. The smallest absolute Gasteiger partial charge is 0.266 e. The van der Waals surface area contributed by atoms with Gasteiger partial charge in [-0.05, 0) is 23.6 Å². The van der Waals surface area contributed by atoms with Crippen LogP contribution in [-0.4, -0.2) is 38.9 Å². The molecule has 0 saturated carbocycles. The molecule has 0 aromatic heterocycles. The number of carboxylic acids is 1. The topological polar surface area (TPSA) is 80.7 Å². The first-order valence-electron chi connectivity index (χ1n) is 6.65. The van der Waals surface area contributed by atoms with Crippen LogP contribution >= 0.6 is 24.0 Å². The molecule has 0 aliphatic carbocycles. The van der Waals surface area contributed by atoms with Gasteiger partial charge in [0.1, 0.15) is 10.4 Å². The Morgan fingerprint density at radius 2 is 2.09 bits per heavy atom. The molecule has 116 valence electrons. The van der Waals surface area contributed by atoms with Crippen LogP contribution in [0, 0.1) is 0 Å². The van der Waals surface area contributed by atoms with Crippen LogP contribution in [0.3, 0.4) is 0 Å². The van der Waals surface area contributed by atoms with Crippen LogP contribution in [0.5, 0.6) is 0 Å². The van der Waals surface area contributed by atoms with E-state index in [0.717, 1.165) is 28.6 Å². The molecule has 1 amide bonds. The van der Waals surface area contributed by atoms with Crippen molar-refractivity contribution in [2.45, 2.75) is 19.4 Å². The molecular formula is C15H14NO4S2-. The van der Waals surface area contributed by atoms with Crippen LogP contribution in [0.25, 0.3) is 6.08 Å². The van der Waals surface area contributed by atoms with Crippen LogP contribution in [0.15, 0.2) is 29.2 Å². The van der Waals surface area contributed by atoms with Gasteiger partial charge in [-0.15, -0.1) is 0 Å². The number of hydrogen-bond donors (Lipinski definition) is 1. The van der Waals surface area contributed by atoms with Gasteiger partial charge in [0, 0.05) is 0 Å². The first-order valence-corrected chi connectivity index (χ1v) is 7.88. The standard InChI is InChI=1S/C15H15NO4S2/c1-2-9-3-5-10(6-4-9)7-12-13(18)16(15(21)22-12)11(8-17)14(19)20/h3-7,11,17H,2,8H2,1H3,(H,19,20)/p-1/b12-7-/t11-/m0/s1. The summed E-state index contributed by atoms with van der Waals surface area (Å²) < 4.78 is 0.102.